The number of imidazole rings is 1. The number of rotatable bonds is 11. The summed E-state index contributed by atoms with van der Waals surface area (Å²) in [5.41, 5.74) is 2.36. The van der Waals surface area contributed by atoms with Crippen LogP contribution in [0.15, 0.2) is 42.5 Å². The first-order valence-corrected chi connectivity index (χ1v) is 11.0. The van der Waals surface area contributed by atoms with Crippen molar-refractivity contribution in [1.29, 1.82) is 0 Å². The van der Waals surface area contributed by atoms with Gasteiger partial charge in [-0.15, -0.1) is 0 Å². The van der Waals surface area contributed by atoms with Crippen LogP contribution in [-0.2, 0) is 6.54 Å². The van der Waals surface area contributed by atoms with Crippen molar-refractivity contribution in [2.45, 2.75) is 34.2 Å². The number of anilines is 1. The van der Waals surface area contributed by atoms with Crippen molar-refractivity contribution >= 4 is 22.9 Å². The molecule has 0 spiro atoms. The molecule has 3 rings (SSSR count). The van der Waals surface area contributed by atoms with E-state index < -0.39 is 0 Å². The molecule has 1 N–H and O–H groups in total. The van der Waals surface area contributed by atoms with Gasteiger partial charge in [0.25, 0.3) is 5.91 Å². The van der Waals surface area contributed by atoms with E-state index in [4.69, 9.17) is 9.47 Å². The molecule has 1 heterocycles. The highest BCUT2D eigenvalue weighted by molar-refractivity contribution is 6.04. The minimum Gasteiger partial charge on any atom is -0.490 e. The Labute approximate surface area is 184 Å². The lowest BCUT2D eigenvalue weighted by molar-refractivity contribution is 0.102. The summed E-state index contributed by atoms with van der Waals surface area (Å²) in [6, 6.07) is 13.2. The molecule has 0 atom stereocenters. The van der Waals surface area contributed by atoms with Crippen LogP contribution >= 0.6 is 0 Å². The number of ether oxygens (including phenoxy) is 2. The van der Waals surface area contributed by atoms with Crippen molar-refractivity contribution < 1.29 is 14.3 Å². The molecule has 0 saturated heterocycles. The van der Waals surface area contributed by atoms with Gasteiger partial charge in [-0.05, 0) is 57.3 Å². The Kier molecular flexibility index (Phi) is 7.89. The Morgan fingerprint density at radius 3 is 2.42 bits per heavy atom. The van der Waals surface area contributed by atoms with Crippen molar-refractivity contribution in [3.05, 3.63) is 48.0 Å². The molecule has 0 aliphatic carbocycles. The first kappa shape index (κ1) is 22.6. The van der Waals surface area contributed by atoms with E-state index in [9.17, 15) is 4.79 Å². The van der Waals surface area contributed by atoms with Crippen molar-refractivity contribution in [3.63, 3.8) is 0 Å². The number of carbonyl (C=O) groups is 1. The van der Waals surface area contributed by atoms with Crippen LogP contribution in [0.5, 0.6) is 11.5 Å². The van der Waals surface area contributed by atoms with Crippen LogP contribution in [0.1, 0.15) is 38.1 Å². The second-order valence-corrected chi connectivity index (χ2v) is 7.08. The van der Waals surface area contributed by atoms with E-state index in [1.807, 2.05) is 38.1 Å². The smallest absolute Gasteiger partial charge is 0.258 e. The van der Waals surface area contributed by atoms with Crippen molar-refractivity contribution in [3.8, 4) is 11.5 Å². The molecular formula is C24H32N4O3. The topological polar surface area (TPSA) is 68.6 Å². The fourth-order valence-corrected chi connectivity index (χ4v) is 3.54. The van der Waals surface area contributed by atoms with Crippen LogP contribution in [0.25, 0.3) is 11.0 Å². The molecule has 166 valence electrons. The predicted octanol–water partition coefficient (Wildman–Crippen LogP) is 4.43. The molecule has 7 nitrogen and oxygen atoms in total. The lowest BCUT2D eigenvalue weighted by Crippen LogP contribution is -2.27. The Hall–Kier alpha value is -3.06. The van der Waals surface area contributed by atoms with E-state index in [1.54, 1.807) is 18.2 Å². The third-order valence-corrected chi connectivity index (χ3v) is 5.22. The molecule has 0 fully saturated rings. The summed E-state index contributed by atoms with van der Waals surface area (Å²) < 4.78 is 13.3. The van der Waals surface area contributed by atoms with E-state index >= 15 is 0 Å². The van der Waals surface area contributed by atoms with Crippen LogP contribution in [0.4, 0.5) is 5.95 Å². The van der Waals surface area contributed by atoms with Gasteiger partial charge in [-0.25, -0.2) is 4.98 Å². The SMILES string of the molecule is CCOc1ccc(C(=O)Nc2nc3ccccc3n2CCN(CC)CC)cc1OCC. The minimum atomic E-state index is -0.233. The molecule has 0 saturated carbocycles. The number of aromatic nitrogens is 2. The molecule has 1 amide bonds. The average Bonchev–Trinajstić information content (AvgIpc) is 3.13. The molecule has 3 aromatic rings. The monoisotopic (exact) mass is 424 g/mol. The molecule has 7 heteroatoms. The molecule has 0 aliphatic heterocycles. The standard InChI is InChI=1S/C24H32N4O3/c1-5-27(6-2)15-16-28-20-12-10-9-11-19(20)25-24(28)26-23(29)18-13-14-21(30-7-3)22(17-18)31-8-4/h9-14,17H,5-8,15-16H2,1-4H3,(H,25,26,29). The van der Waals surface area contributed by atoms with Crippen molar-refractivity contribution in [2.24, 2.45) is 0 Å². The number of likely N-dealkylation sites (N-methyl/N-ethyl adjacent to an activating group) is 1. The van der Waals surface area contributed by atoms with E-state index in [2.05, 4.69) is 33.6 Å². The zero-order chi connectivity index (χ0) is 22.2. The second kappa shape index (κ2) is 10.8. The van der Waals surface area contributed by atoms with Crippen LogP contribution < -0.4 is 14.8 Å². The number of para-hydroxylation sites is 2. The number of fused-ring (bicyclic) bond motifs is 1. The van der Waals surface area contributed by atoms with Gasteiger partial charge in [0.2, 0.25) is 5.95 Å². The Morgan fingerprint density at radius 2 is 1.71 bits per heavy atom. The highest BCUT2D eigenvalue weighted by Crippen LogP contribution is 2.29. The average molecular weight is 425 g/mol. The van der Waals surface area contributed by atoms with Gasteiger partial charge in [-0.3, -0.25) is 10.1 Å². The summed E-state index contributed by atoms with van der Waals surface area (Å²) in [7, 11) is 0. The number of benzene rings is 2. The third kappa shape index (κ3) is 5.35. The van der Waals surface area contributed by atoms with Crippen LogP contribution in [0, 0.1) is 0 Å². The molecule has 0 bridgehead atoms. The lowest BCUT2D eigenvalue weighted by atomic mass is 10.2. The molecule has 1 aromatic heterocycles. The van der Waals surface area contributed by atoms with Gasteiger partial charge < -0.3 is 18.9 Å². The zero-order valence-corrected chi connectivity index (χ0v) is 18.9. The molecule has 2 aromatic carbocycles. The van der Waals surface area contributed by atoms with Gasteiger partial charge in [0.05, 0.1) is 24.2 Å². The first-order chi connectivity index (χ1) is 15.1. The Balaban J connectivity index is 1.87. The third-order valence-electron chi connectivity index (χ3n) is 5.22. The first-order valence-electron chi connectivity index (χ1n) is 11.0. The fourth-order valence-electron chi connectivity index (χ4n) is 3.54. The van der Waals surface area contributed by atoms with Gasteiger partial charge in [-0.2, -0.15) is 0 Å². The number of nitrogens with one attached hydrogen (secondary N) is 1. The zero-order valence-electron chi connectivity index (χ0n) is 18.9. The molecular weight excluding hydrogens is 392 g/mol. The van der Waals surface area contributed by atoms with E-state index in [-0.39, 0.29) is 5.91 Å². The number of hydrogen-bond acceptors (Lipinski definition) is 5. The summed E-state index contributed by atoms with van der Waals surface area (Å²) in [6.45, 7) is 12.7. The highest BCUT2D eigenvalue weighted by Gasteiger charge is 2.17. The lowest BCUT2D eigenvalue weighted by Gasteiger charge is -2.19. The molecule has 0 radical (unpaired) electrons. The summed E-state index contributed by atoms with van der Waals surface area (Å²) in [6.07, 6.45) is 0. The number of hydrogen-bond donors (Lipinski definition) is 1. The van der Waals surface area contributed by atoms with Crippen LogP contribution in [-0.4, -0.2) is 53.2 Å². The van der Waals surface area contributed by atoms with Gasteiger partial charge in [0, 0.05) is 18.7 Å². The Morgan fingerprint density at radius 1 is 1.00 bits per heavy atom. The fraction of sp³-hybridized carbons (Fsp3) is 0.417. The quantitative estimate of drug-likeness (QED) is 0.493. The van der Waals surface area contributed by atoms with E-state index in [0.29, 0.717) is 36.2 Å². The van der Waals surface area contributed by atoms with Gasteiger partial charge in [0.1, 0.15) is 0 Å². The van der Waals surface area contributed by atoms with Crippen LogP contribution in [0.2, 0.25) is 0 Å². The number of nitrogens with zero attached hydrogens (tertiary/aromatic N) is 3. The molecule has 31 heavy (non-hydrogen) atoms. The molecule has 0 aliphatic rings. The minimum absolute atomic E-state index is 0.233. The number of amides is 1. The summed E-state index contributed by atoms with van der Waals surface area (Å²) in [4.78, 5) is 20.1. The largest absolute Gasteiger partial charge is 0.490 e. The van der Waals surface area contributed by atoms with Crippen LogP contribution in [0.3, 0.4) is 0 Å². The summed E-state index contributed by atoms with van der Waals surface area (Å²) in [5.74, 6) is 1.51. The van der Waals surface area contributed by atoms with Gasteiger partial charge in [0.15, 0.2) is 11.5 Å². The normalized spacial score (nSPS) is 11.1. The van der Waals surface area contributed by atoms with Crippen molar-refractivity contribution in [2.75, 3.05) is 38.2 Å². The highest BCUT2D eigenvalue weighted by atomic mass is 16.5. The predicted molar refractivity (Wildman–Crippen MR) is 124 cm³/mol. The maximum atomic E-state index is 13.0. The molecule has 0 unspecified atom stereocenters. The van der Waals surface area contributed by atoms with E-state index in [0.717, 1.165) is 37.2 Å². The second-order valence-electron chi connectivity index (χ2n) is 7.08. The maximum absolute atomic E-state index is 13.0. The van der Waals surface area contributed by atoms with E-state index in [1.165, 1.54) is 0 Å². The van der Waals surface area contributed by atoms with Gasteiger partial charge >= 0.3 is 0 Å². The number of carbonyl (C=O) groups excluding carboxylic acids is 1. The van der Waals surface area contributed by atoms with Crippen molar-refractivity contribution in [1.82, 2.24) is 14.5 Å². The summed E-state index contributed by atoms with van der Waals surface area (Å²) in [5, 5.41) is 2.99. The summed E-state index contributed by atoms with van der Waals surface area (Å²) >= 11 is 0. The van der Waals surface area contributed by atoms with Gasteiger partial charge in [-0.1, -0.05) is 26.0 Å². The Bertz CT molecular complexity index is 1010. The maximum Gasteiger partial charge on any atom is 0.258 e.